The van der Waals surface area contributed by atoms with E-state index < -0.39 is 11.7 Å². The lowest BCUT2D eigenvalue weighted by atomic mass is 9.96. The van der Waals surface area contributed by atoms with Gasteiger partial charge in [-0.3, -0.25) is 4.90 Å². The second-order valence-corrected chi connectivity index (χ2v) is 8.65. The number of aromatic nitrogens is 1. The highest BCUT2D eigenvalue weighted by Crippen LogP contribution is 2.32. The molecular weight excluding hydrogens is 362 g/mol. The molecular formula is C24H33N3O2. The molecule has 1 fully saturated rings. The van der Waals surface area contributed by atoms with Gasteiger partial charge in [-0.2, -0.15) is 0 Å². The zero-order chi connectivity index (χ0) is 20.9. The van der Waals surface area contributed by atoms with Crippen molar-refractivity contribution in [2.24, 2.45) is 0 Å². The maximum absolute atomic E-state index is 12.9. The number of benzene rings is 1. The predicted molar refractivity (Wildman–Crippen MR) is 118 cm³/mol. The number of anilines is 2. The number of rotatable bonds is 5. The van der Waals surface area contributed by atoms with E-state index >= 15 is 0 Å². The predicted octanol–water partition coefficient (Wildman–Crippen LogP) is 6.09. The van der Waals surface area contributed by atoms with Crippen LogP contribution in [0.1, 0.15) is 65.0 Å². The van der Waals surface area contributed by atoms with E-state index in [0.717, 1.165) is 31.6 Å². The van der Waals surface area contributed by atoms with E-state index in [1.807, 2.05) is 63.4 Å². The monoisotopic (exact) mass is 395 g/mol. The number of carbonyl (C=O) groups excluding carboxylic acids is 1. The van der Waals surface area contributed by atoms with Crippen molar-refractivity contribution in [3.63, 3.8) is 0 Å². The number of nitrogens with zero attached hydrogens (tertiary/aromatic N) is 3. The molecule has 1 aliphatic heterocycles. The first-order chi connectivity index (χ1) is 13.9. The van der Waals surface area contributed by atoms with Gasteiger partial charge in [0.15, 0.2) is 0 Å². The molecule has 0 aliphatic carbocycles. The number of para-hydroxylation sites is 1. The Kier molecular flexibility index (Phi) is 6.91. The smallest absolute Gasteiger partial charge is 0.420 e. The van der Waals surface area contributed by atoms with E-state index in [1.165, 1.54) is 18.4 Å². The van der Waals surface area contributed by atoms with Crippen LogP contribution in [-0.2, 0) is 4.74 Å². The second kappa shape index (κ2) is 9.40. The van der Waals surface area contributed by atoms with Crippen LogP contribution in [0.15, 0.2) is 48.7 Å². The first kappa shape index (κ1) is 21.3. The number of likely N-dealkylation sites (tertiary alicyclic amines) is 1. The SMILES string of the molecule is CCCN1CCCCC1c1ccc(N(C(=O)OC(C)(C)C)c2ccccc2)nc1. The summed E-state index contributed by atoms with van der Waals surface area (Å²) in [5.41, 5.74) is 1.39. The summed E-state index contributed by atoms with van der Waals surface area (Å²) in [7, 11) is 0. The lowest BCUT2D eigenvalue weighted by molar-refractivity contribution is 0.0598. The zero-order valence-corrected chi connectivity index (χ0v) is 18.1. The lowest BCUT2D eigenvalue weighted by Crippen LogP contribution is -2.35. The Morgan fingerprint density at radius 3 is 2.55 bits per heavy atom. The molecule has 1 unspecified atom stereocenters. The van der Waals surface area contributed by atoms with Crippen LogP contribution < -0.4 is 4.90 Å². The van der Waals surface area contributed by atoms with Crippen LogP contribution in [0.3, 0.4) is 0 Å². The van der Waals surface area contributed by atoms with Gasteiger partial charge in [0.25, 0.3) is 0 Å². The fourth-order valence-electron chi connectivity index (χ4n) is 3.87. The Labute approximate surface area is 174 Å². The Hall–Kier alpha value is -2.40. The van der Waals surface area contributed by atoms with Crippen molar-refractivity contribution >= 4 is 17.6 Å². The minimum atomic E-state index is -0.577. The number of pyridine rings is 1. The fourth-order valence-corrected chi connectivity index (χ4v) is 3.87. The average molecular weight is 396 g/mol. The van der Waals surface area contributed by atoms with Crippen molar-refractivity contribution in [1.29, 1.82) is 0 Å². The normalized spacial score (nSPS) is 17.7. The third kappa shape index (κ3) is 5.57. The van der Waals surface area contributed by atoms with Crippen molar-refractivity contribution in [2.45, 2.75) is 65.0 Å². The van der Waals surface area contributed by atoms with Gasteiger partial charge < -0.3 is 4.74 Å². The molecule has 29 heavy (non-hydrogen) atoms. The molecule has 0 radical (unpaired) electrons. The molecule has 1 aromatic heterocycles. The third-order valence-corrected chi connectivity index (χ3v) is 5.10. The molecule has 1 atom stereocenters. The molecule has 1 aromatic carbocycles. The number of piperidine rings is 1. The van der Waals surface area contributed by atoms with Crippen LogP contribution in [0.4, 0.5) is 16.3 Å². The van der Waals surface area contributed by atoms with Gasteiger partial charge in [0.05, 0.1) is 5.69 Å². The van der Waals surface area contributed by atoms with Crippen LogP contribution in [-0.4, -0.2) is 34.7 Å². The Bertz CT molecular complexity index is 782. The summed E-state index contributed by atoms with van der Waals surface area (Å²) in [5, 5.41) is 0. The van der Waals surface area contributed by atoms with Crippen LogP contribution >= 0.6 is 0 Å². The van der Waals surface area contributed by atoms with Crippen LogP contribution in [0.5, 0.6) is 0 Å². The van der Waals surface area contributed by atoms with E-state index in [4.69, 9.17) is 4.74 Å². The summed E-state index contributed by atoms with van der Waals surface area (Å²) in [5.74, 6) is 0.576. The molecule has 0 saturated carbocycles. The summed E-state index contributed by atoms with van der Waals surface area (Å²) in [4.78, 5) is 21.7. The molecule has 5 heteroatoms. The van der Waals surface area contributed by atoms with Crippen LogP contribution in [0.2, 0.25) is 0 Å². The highest BCUT2D eigenvalue weighted by Gasteiger charge is 2.27. The molecule has 1 amide bonds. The van der Waals surface area contributed by atoms with Gasteiger partial charge in [0.1, 0.15) is 11.4 Å². The molecule has 1 aliphatic rings. The first-order valence-corrected chi connectivity index (χ1v) is 10.7. The molecule has 3 rings (SSSR count). The van der Waals surface area contributed by atoms with Gasteiger partial charge in [-0.15, -0.1) is 0 Å². The van der Waals surface area contributed by atoms with Gasteiger partial charge in [-0.1, -0.05) is 37.6 Å². The summed E-state index contributed by atoms with van der Waals surface area (Å²) in [6, 6.07) is 14.0. The zero-order valence-electron chi connectivity index (χ0n) is 18.1. The molecule has 0 bridgehead atoms. The molecule has 0 N–H and O–H groups in total. The topological polar surface area (TPSA) is 45.7 Å². The standard InChI is InChI=1S/C24H33N3O2/c1-5-16-26-17-10-9-13-21(26)19-14-15-22(25-18-19)27(20-11-7-6-8-12-20)23(28)29-24(2,3)4/h6-8,11-12,14-15,18,21H,5,9-10,13,16-17H2,1-4H3. The minimum absolute atomic E-state index is 0.414. The van der Waals surface area contributed by atoms with E-state index in [1.54, 1.807) is 4.90 Å². The summed E-state index contributed by atoms with van der Waals surface area (Å²) in [6.07, 6.45) is 6.34. The largest absolute Gasteiger partial charge is 0.443 e. The van der Waals surface area contributed by atoms with E-state index in [-0.39, 0.29) is 0 Å². The maximum Gasteiger partial charge on any atom is 0.420 e. The van der Waals surface area contributed by atoms with Crippen LogP contribution in [0, 0.1) is 0 Å². The number of ether oxygens (including phenoxy) is 1. The summed E-state index contributed by atoms with van der Waals surface area (Å²) < 4.78 is 5.64. The molecule has 2 heterocycles. The van der Waals surface area contributed by atoms with Crippen molar-refractivity contribution in [3.8, 4) is 0 Å². The van der Waals surface area contributed by atoms with Crippen molar-refractivity contribution in [3.05, 3.63) is 54.2 Å². The second-order valence-electron chi connectivity index (χ2n) is 8.65. The highest BCUT2D eigenvalue weighted by molar-refractivity contribution is 5.95. The van der Waals surface area contributed by atoms with E-state index in [0.29, 0.717) is 11.9 Å². The lowest BCUT2D eigenvalue weighted by Gasteiger charge is -2.35. The molecule has 0 spiro atoms. The number of carbonyl (C=O) groups is 1. The Balaban J connectivity index is 1.88. The minimum Gasteiger partial charge on any atom is -0.443 e. The summed E-state index contributed by atoms with van der Waals surface area (Å²) >= 11 is 0. The number of amides is 1. The molecule has 2 aromatic rings. The number of hydrogen-bond acceptors (Lipinski definition) is 4. The fraction of sp³-hybridized carbons (Fsp3) is 0.500. The average Bonchev–Trinajstić information content (AvgIpc) is 2.69. The van der Waals surface area contributed by atoms with Gasteiger partial charge in [0, 0.05) is 12.2 Å². The van der Waals surface area contributed by atoms with E-state index in [2.05, 4.69) is 22.9 Å². The van der Waals surface area contributed by atoms with Gasteiger partial charge >= 0.3 is 6.09 Å². The van der Waals surface area contributed by atoms with Gasteiger partial charge in [-0.25, -0.2) is 14.7 Å². The third-order valence-electron chi connectivity index (χ3n) is 5.10. The summed E-state index contributed by atoms with van der Waals surface area (Å²) in [6.45, 7) is 10.1. The van der Waals surface area contributed by atoms with Gasteiger partial charge in [0.2, 0.25) is 0 Å². The van der Waals surface area contributed by atoms with E-state index in [9.17, 15) is 4.79 Å². The first-order valence-electron chi connectivity index (χ1n) is 10.7. The number of hydrogen-bond donors (Lipinski definition) is 0. The molecule has 5 nitrogen and oxygen atoms in total. The Morgan fingerprint density at radius 1 is 1.17 bits per heavy atom. The van der Waals surface area contributed by atoms with Crippen molar-refractivity contribution < 1.29 is 9.53 Å². The quantitative estimate of drug-likeness (QED) is 0.614. The molecule has 156 valence electrons. The highest BCUT2D eigenvalue weighted by atomic mass is 16.6. The van der Waals surface area contributed by atoms with Crippen molar-refractivity contribution in [2.75, 3.05) is 18.0 Å². The molecule has 1 saturated heterocycles. The van der Waals surface area contributed by atoms with Gasteiger partial charge in [-0.05, 0) is 76.9 Å². The van der Waals surface area contributed by atoms with Crippen molar-refractivity contribution in [1.82, 2.24) is 9.88 Å². The Morgan fingerprint density at radius 2 is 1.93 bits per heavy atom. The maximum atomic E-state index is 12.9. The van der Waals surface area contributed by atoms with Crippen LogP contribution in [0.25, 0.3) is 0 Å².